The molecule has 0 spiro atoms. The molecule has 0 saturated heterocycles. The van der Waals surface area contributed by atoms with Crippen LogP contribution in [0.3, 0.4) is 0 Å². The summed E-state index contributed by atoms with van der Waals surface area (Å²) >= 11 is 0. The predicted octanol–water partition coefficient (Wildman–Crippen LogP) is 2.46. The van der Waals surface area contributed by atoms with E-state index >= 15 is 0 Å². The highest BCUT2D eigenvalue weighted by Gasteiger charge is 2.21. The minimum Gasteiger partial charge on any atom is -0.352 e. The molecule has 3 heteroatoms. The van der Waals surface area contributed by atoms with Crippen molar-refractivity contribution >= 4 is 5.91 Å². The molecule has 2 unspecified atom stereocenters. The Bertz CT molecular complexity index is 261. The SMILES string of the molecule is CC1CCCCC1CNCC(=O)NC1CCCC1. The monoisotopic (exact) mass is 252 g/mol. The number of carbonyl (C=O) groups excluding carboxylic acids is 1. The average molecular weight is 252 g/mol. The minimum atomic E-state index is 0.186. The molecule has 0 bridgehead atoms. The Labute approximate surface area is 111 Å². The first-order chi connectivity index (χ1) is 8.75. The molecule has 0 aromatic rings. The van der Waals surface area contributed by atoms with Gasteiger partial charge in [-0.05, 0) is 37.6 Å². The smallest absolute Gasteiger partial charge is 0.234 e. The molecule has 2 N–H and O–H groups in total. The lowest BCUT2D eigenvalue weighted by molar-refractivity contribution is -0.120. The highest BCUT2D eigenvalue weighted by Crippen LogP contribution is 2.28. The largest absolute Gasteiger partial charge is 0.352 e. The Morgan fingerprint density at radius 3 is 2.44 bits per heavy atom. The number of hydrogen-bond donors (Lipinski definition) is 2. The first-order valence-corrected chi connectivity index (χ1v) is 7.76. The van der Waals surface area contributed by atoms with Crippen molar-refractivity contribution in [3.05, 3.63) is 0 Å². The second-order valence-corrected chi connectivity index (χ2v) is 6.20. The van der Waals surface area contributed by atoms with Gasteiger partial charge in [0, 0.05) is 6.04 Å². The molecule has 0 aromatic carbocycles. The molecule has 0 aromatic heterocycles. The van der Waals surface area contributed by atoms with Gasteiger partial charge in [0.05, 0.1) is 6.54 Å². The van der Waals surface area contributed by atoms with Gasteiger partial charge in [-0.3, -0.25) is 4.79 Å². The Morgan fingerprint density at radius 1 is 1.06 bits per heavy atom. The summed E-state index contributed by atoms with van der Waals surface area (Å²) in [5.41, 5.74) is 0. The molecule has 3 nitrogen and oxygen atoms in total. The molecule has 2 fully saturated rings. The summed E-state index contributed by atoms with van der Waals surface area (Å²) in [5, 5.41) is 6.47. The van der Waals surface area contributed by atoms with Crippen LogP contribution >= 0.6 is 0 Å². The van der Waals surface area contributed by atoms with E-state index in [1.54, 1.807) is 0 Å². The normalized spacial score (nSPS) is 29.4. The van der Waals surface area contributed by atoms with E-state index < -0.39 is 0 Å². The lowest BCUT2D eigenvalue weighted by atomic mass is 9.80. The molecule has 0 radical (unpaired) electrons. The number of amides is 1. The van der Waals surface area contributed by atoms with Gasteiger partial charge in [-0.15, -0.1) is 0 Å². The van der Waals surface area contributed by atoms with E-state index in [2.05, 4.69) is 17.6 Å². The molecule has 104 valence electrons. The number of nitrogens with one attached hydrogen (secondary N) is 2. The van der Waals surface area contributed by atoms with Crippen LogP contribution < -0.4 is 10.6 Å². The molecule has 2 saturated carbocycles. The number of carbonyl (C=O) groups is 1. The average Bonchev–Trinajstić information content (AvgIpc) is 2.84. The van der Waals surface area contributed by atoms with E-state index in [0.29, 0.717) is 12.6 Å². The van der Waals surface area contributed by atoms with E-state index in [0.717, 1.165) is 18.4 Å². The number of hydrogen-bond acceptors (Lipinski definition) is 2. The van der Waals surface area contributed by atoms with Crippen LogP contribution in [0.25, 0.3) is 0 Å². The van der Waals surface area contributed by atoms with Crippen LogP contribution in [0.15, 0.2) is 0 Å². The summed E-state index contributed by atoms with van der Waals surface area (Å²) in [5.74, 6) is 1.78. The summed E-state index contributed by atoms with van der Waals surface area (Å²) in [6.45, 7) is 3.86. The van der Waals surface area contributed by atoms with Gasteiger partial charge < -0.3 is 10.6 Å². The van der Waals surface area contributed by atoms with Crippen LogP contribution in [0.4, 0.5) is 0 Å². The molecule has 2 atom stereocenters. The maximum atomic E-state index is 11.7. The van der Waals surface area contributed by atoms with Gasteiger partial charge in [-0.25, -0.2) is 0 Å². The van der Waals surface area contributed by atoms with Gasteiger partial charge in [-0.1, -0.05) is 39.0 Å². The zero-order chi connectivity index (χ0) is 12.8. The molecular formula is C15H28N2O. The van der Waals surface area contributed by atoms with Crippen LogP contribution in [0, 0.1) is 11.8 Å². The van der Waals surface area contributed by atoms with E-state index in [1.807, 2.05) is 0 Å². The summed E-state index contributed by atoms with van der Waals surface area (Å²) in [7, 11) is 0. The van der Waals surface area contributed by atoms with Crippen molar-refractivity contribution < 1.29 is 4.79 Å². The standard InChI is InChI=1S/C15H28N2O/c1-12-6-2-3-7-13(12)10-16-11-15(18)17-14-8-4-5-9-14/h12-14,16H,2-11H2,1H3,(H,17,18). The van der Waals surface area contributed by atoms with Gasteiger partial charge in [0.2, 0.25) is 5.91 Å². The van der Waals surface area contributed by atoms with E-state index in [9.17, 15) is 4.79 Å². The number of rotatable bonds is 5. The first-order valence-electron chi connectivity index (χ1n) is 7.76. The zero-order valence-electron chi connectivity index (χ0n) is 11.7. The summed E-state index contributed by atoms with van der Waals surface area (Å²) in [6.07, 6.45) is 10.3. The van der Waals surface area contributed by atoms with Gasteiger partial charge >= 0.3 is 0 Å². The van der Waals surface area contributed by atoms with E-state index in [1.165, 1.54) is 51.4 Å². The second kappa shape index (κ2) is 7.13. The van der Waals surface area contributed by atoms with Crippen molar-refractivity contribution in [1.29, 1.82) is 0 Å². The van der Waals surface area contributed by atoms with Gasteiger partial charge in [0.1, 0.15) is 0 Å². The first kappa shape index (κ1) is 13.9. The summed E-state index contributed by atoms with van der Waals surface area (Å²) in [4.78, 5) is 11.7. The fourth-order valence-electron chi connectivity index (χ4n) is 3.42. The van der Waals surface area contributed by atoms with Gasteiger partial charge in [0.25, 0.3) is 0 Å². The van der Waals surface area contributed by atoms with Crippen molar-refractivity contribution in [2.75, 3.05) is 13.1 Å². The van der Waals surface area contributed by atoms with Crippen LogP contribution in [0.1, 0.15) is 58.3 Å². The highest BCUT2D eigenvalue weighted by atomic mass is 16.1. The molecule has 2 aliphatic carbocycles. The zero-order valence-corrected chi connectivity index (χ0v) is 11.7. The van der Waals surface area contributed by atoms with E-state index in [-0.39, 0.29) is 5.91 Å². The Kier molecular flexibility index (Phi) is 5.48. The highest BCUT2D eigenvalue weighted by molar-refractivity contribution is 5.78. The fourth-order valence-corrected chi connectivity index (χ4v) is 3.42. The lowest BCUT2D eigenvalue weighted by Gasteiger charge is -2.28. The molecule has 2 rings (SSSR count). The Hall–Kier alpha value is -0.570. The summed E-state index contributed by atoms with van der Waals surface area (Å²) in [6, 6.07) is 0.452. The lowest BCUT2D eigenvalue weighted by Crippen LogP contribution is -2.41. The molecule has 1 amide bonds. The Balaban J connectivity index is 1.57. The van der Waals surface area contributed by atoms with Crippen molar-refractivity contribution in [3.8, 4) is 0 Å². The van der Waals surface area contributed by atoms with Crippen molar-refractivity contribution in [2.24, 2.45) is 11.8 Å². The quantitative estimate of drug-likeness (QED) is 0.789. The maximum Gasteiger partial charge on any atom is 0.234 e. The molecular weight excluding hydrogens is 224 g/mol. The van der Waals surface area contributed by atoms with Crippen LogP contribution in [-0.2, 0) is 4.79 Å². The topological polar surface area (TPSA) is 41.1 Å². The summed E-state index contributed by atoms with van der Waals surface area (Å²) < 4.78 is 0. The molecule has 0 heterocycles. The van der Waals surface area contributed by atoms with Crippen LogP contribution in [-0.4, -0.2) is 25.0 Å². The third-order valence-electron chi connectivity index (χ3n) is 4.70. The molecule has 18 heavy (non-hydrogen) atoms. The maximum absolute atomic E-state index is 11.7. The van der Waals surface area contributed by atoms with Gasteiger partial charge in [0.15, 0.2) is 0 Å². The van der Waals surface area contributed by atoms with Crippen molar-refractivity contribution in [1.82, 2.24) is 10.6 Å². The van der Waals surface area contributed by atoms with Crippen LogP contribution in [0.2, 0.25) is 0 Å². The fraction of sp³-hybridized carbons (Fsp3) is 0.933. The molecule has 2 aliphatic rings. The minimum absolute atomic E-state index is 0.186. The third-order valence-corrected chi connectivity index (χ3v) is 4.70. The predicted molar refractivity (Wildman–Crippen MR) is 74.4 cm³/mol. The molecule has 0 aliphatic heterocycles. The van der Waals surface area contributed by atoms with Crippen LogP contribution in [0.5, 0.6) is 0 Å². The Morgan fingerprint density at radius 2 is 1.72 bits per heavy atom. The van der Waals surface area contributed by atoms with Crippen molar-refractivity contribution in [3.63, 3.8) is 0 Å². The van der Waals surface area contributed by atoms with Gasteiger partial charge in [-0.2, -0.15) is 0 Å². The third kappa shape index (κ3) is 4.27. The second-order valence-electron chi connectivity index (χ2n) is 6.20. The van der Waals surface area contributed by atoms with E-state index in [4.69, 9.17) is 0 Å². The van der Waals surface area contributed by atoms with Crippen molar-refractivity contribution in [2.45, 2.75) is 64.3 Å².